The molecule has 1 aromatic rings. The average Bonchev–Trinajstić information content (AvgIpc) is 3.00. The molecule has 4 nitrogen and oxygen atoms in total. The number of halogens is 6. The van der Waals surface area contributed by atoms with Gasteiger partial charge in [-0.25, -0.2) is 9.78 Å². The molecular weight excluding hydrogens is 478 g/mol. The van der Waals surface area contributed by atoms with Crippen molar-refractivity contribution in [1.82, 2.24) is 0 Å². The topological polar surface area (TPSA) is 36.9 Å². The van der Waals surface area contributed by atoms with Gasteiger partial charge in [0, 0.05) is 12.3 Å². The predicted octanol–water partition coefficient (Wildman–Crippen LogP) is 6.91. The minimum absolute atomic E-state index is 0.0286. The first kappa shape index (κ1) is 25.3. The Morgan fingerprint density at radius 1 is 0.914 bits per heavy atom. The average molecular weight is 508 g/mol. The second-order valence-electron chi connectivity index (χ2n) is 10.8. The van der Waals surface area contributed by atoms with Gasteiger partial charge in [0.15, 0.2) is 11.9 Å². The molecule has 1 saturated carbocycles. The smallest absolute Gasteiger partial charge is 0.349 e. The molecule has 35 heavy (non-hydrogen) atoms. The van der Waals surface area contributed by atoms with Gasteiger partial charge in [0.1, 0.15) is 0 Å². The molecule has 5 aliphatic rings. The quantitative estimate of drug-likeness (QED) is 0.327. The van der Waals surface area contributed by atoms with Crippen LogP contribution in [0.2, 0.25) is 0 Å². The second-order valence-corrected chi connectivity index (χ2v) is 10.8. The van der Waals surface area contributed by atoms with Gasteiger partial charge in [0.05, 0.1) is 17.7 Å². The highest BCUT2D eigenvalue weighted by molar-refractivity contribution is 5.33. The lowest BCUT2D eigenvalue weighted by Gasteiger charge is -2.59. The number of alkyl halides is 6. The molecule has 0 radical (unpaired) electrons. The van der Waals surface area contributed by atoms with Crippen LogP contribution in [-0.2, 0) is 38.0 Å². The predicted molar refractivity (Wildman–Crippen MR) is 112 cm³/mol. The standard InChI is InChI=1S/C25H30F6O4/c1-14-6-7-20-16(13-32-21-23(20)19(14)8-9-22(2,33-21)34-35-23)5-3-4-15-10-17(24(26,27)28)12-18(11-15)25(29,30)31/h10-12,14,16,19-21H,3-9,13H2,1-2H3/t14-,16+,19+,20+,21?,22-,23-/m1/s1. The number of hydrogen-bond acceptors (Lipinski definition) is 4. The van der Waals surface area contributed by atoms with Crippen LogP contribution in [0.1, 0.15) is 69.1 Å². The van der Waals surface area contributed by atoms with E-state index in [-0.39, 0.29) is 35.8 Å². The van der Waals surface area contributed by atoms with Crippen molar-refractivity contribution in [2.75, 3.05) is 6.61 Å². The van der Waals surface area contributed by atoms with Crippen LogP contribution >= 0.6 is 0 Å². The summed E-state index contributed by atoms with van der Waals surface area (Å²) in [7, 11) is 0. The Morgan fingerprint density at radius 3 is 2.26 bits per heavy atom. The van der Waals surface area contributed by atoms with Gasteiger partial charge >= 0.3 is 12.4 Å². The highest BCUT2D eigenvalue weighted by Crippen LogP contribution is 2.60. The molecule has 4 aliphatic heterocycles. The minimum atomic E-state index is -4.85. The summed E-state index contributed by atoms with van der Waals surface area (Å²) in [6.07, 6.45) is -5.63. The fraction of sp³-hybridized carbons (Fsp3) is 0.760. The van der Waals surface area contributed by atoms with Crippen molar-refractivity contribution < 1.29 is 45.6 Å². The largest absolute Gasteiger partial charge is 0.416 e. The van der Waals surface area contributed by atoms with Crippen molar-refractivity contribution in [2.24, 2.45) is 23.7 Å². The zero-order valence-corrected chi connectivity index (χ0v) is 19.7. The zero-order valence-electron chi connectivity index (χ0n) is 19.7. The lowest BCUT2D eigenvalue weighted by molar-refractivity contribution is -0.567. The van der Waals surface area contributed by atoms with E-state index in [9.17, 15) is 26.3 Å². The molecule has 4 heterocycles. The van der Waals surface area contributed by atoms with Crippen LogP contribution in [0.25, 0.3) is 0 Å². The lowest BCUT2D eigenvalue weighted by Crippen LogP contribution is -2.69. The summed E-state index contributed by atoms with van der Waals surface area (Å²) < 4.78 is 91.6. The summed E-state index contributed by atoms with van der Waals surface area (Å²) in [5.41, 5.74) is -3.27. The normalized spacial score (nSPS) is 39.3. The number of aryl methyl sites for hydroxylation is 1. The molecule has 10 heteroatoms. The second kappa shape index (κ2) is 8.60. The first-order valence-electron chi connectivity index (χ1n) is 12.3. The summed E-state index contributed by atoms with van der Waals surface area (Å²) >= 11 is 0. The maximum Gasteiger partial charge on any atom is 0.416 e. The number of hydrogen-bond donors (Lipinski definition) is 0. The molecule has 5 fully saturated rings. The summed E-state index contributed by atoms with van der Waals surface area (Å²) in [4.78, 5) is 11.9. The number of ether oxygens (including phenoxy) is 2. The molecule has 0 aromatic heterocycles. The van der Waals surface area contributed by atoms with E-state index in [0.29, 0.717) is 31.8 Å². The fourth-order valence-electron chi connectivity index (χ4n) is 6.74. The maximum atomic E-state index is 13.2. The van der Waals surface area contributed by atoms with Crippen molar-refractivity contribution in [3.05, 3.63) is 34.9 Å². The third-order valence-corrected chi connectivity index (χ3v) is 8.49. The van der Waals surface area contributed by atoms with Gasteiger partial charge < -0.3 is 9.47 Å². The Labute approximate surface area is 200 Å². The van der Waals surface area contributed by atoms with Crippen molar-refractivity contribution in [1.29, 1.82) is 0 Å². The van der Waals surface area contributed by atoms with Crippen LogP contribution in [0.15, 0.2) is 18.2 Å². The Hall–Kier alpha value is -1.36. The summed E-state index contributed by atoms with van der Waals surface area (Å²) in [5, 5.41) is 0. The van der Waals surface area contributed by atoms with E-state index in [1.165, 1.54) is 0 Å². The van der Waals surface area contributed by atoms with Crippen LogP contribution in [0, 0.1) is 23.7 Å². The van der Waals surface area contributed by atoms with E-state index in [2.05, 4.69) is 6.92 Å². The van der Waals surface area contributed by atoms with E-state index in [4.69, 9.17) is 19.2 Å². The van der Waals surface area contributed by atoms with Gasteiger partial charge in [-0.05, 0) is 87.0 Å². The lowest BCUT2D eigenvalue weighted by atomic mass is 9.57. The number of fused-ring (bicyclic) bond motifs is 2. The van der Waals surface area contributed by atoms with E-state index >= 15 is 0 Å². The van der Waals surface area contributed by atoms with E-state index in [0.717, 1.165) is 31.4 Å². The Kier molecular flexibility index (Phi) is 6.22. The van der Waals surface area contributed by atoms with E-state index in [1.807, 2.05) is 6.92 Å². The Balaban J connectivity index is 1.33. The molecule has 4 saturated heterocycles. The number of rotatable bonds is 4. The first-order valence-corrected chi connectivity index (χ1v) is 12.3. The van der Waals surface area contributed by atoms with Crippen molar-refractivity contribution in [3.8, 4) is 0 Å². The van der Waals surface area contributed by atoms with Gasteiger partial charge in [0.2, 0.25) is 5.79 Å². The molecule has 2 bridgehead atoms. The van der Waals surface area contributed by atoms with Gasteiger partial charge in [-0.1, -0.05) is 6.92 Å². The molecule has 0 amide bonds. The molecule has 1 aromatic carbocycles. The molecule has 1 aliphatic carbocycles. The van der Waals surface area contributed by atoms with E-state index in [1.54, 1.807) is 0 Å². The van der Waals surface area contributed by atoms with Gasteiger partial charge in [-0.3, -0.25) is 0 Å². The fourth-order valence-corrected chi connectivity index (χ4v) is 6.74. The number of benzene rings is 1. The molecule has 1 spiro atoms. The van der Waals surface area contributed by atoms with Gasteiger partial charge in [-0.15, -0.1) is 0 Å². The summed E-state index contributed by atoms with van der Waals surface area (Å²) in [6, 6.07) is 1.80. The minimum Gasteiger partial charge on any atom is -0.349 e. The van der Waals surface area contributed by atoms with Crippen LogP contribution < -0.4 is 0 Å². The van der Waals surface area contributed by atoms with Gasteiger partial charge in [-0.2, -0.15) is 26.3 Å². The van der Waals surface area contributed by atoms with Gasteiger partial charge in [0.25, 0.3) is 0 Å². The monoisotopic (exact) mass is 508 g/mol. The van der Waals surface area contributed by atoms with Crippen LogP contribution in [0.5, 0.6) is 0 Å². The van der Waals surface area contributed by atoms with Crippen LogP contribution in [-0.4, -0.2) is 24.3 Å². The molecule has 1 unspecified atom stereocenters. The Bertz CT molecular complexity index is 917. The van der Waals surface area contributed by atoms with Crippen LogP contribution in [0.3, 0.4) is 0 Å². The molecular formula is C25H30F6O4. The van der Waals surface area contributed by atoms with Crippen molar-refractivity contribution >= 4 is 0 Å². The Morgan fingerprint density at radius 2 is 1.60 bits per heavy atom. The van der Waals surface area contributed by atoms with Crippen LogP contribution in [0.4, 0.5) is 26.3 Å². The molecule has 0 N–H and O–H groups in total. The third-order valence-electron chi connectivity index (χ3n) is 8.49. The first-order chi connectivity index (χ1) is 16.3. The zero-order chi connectivity index (χ0) is 25.2. The SMILES string of the molecule is C[C@@H]1CC[C@H]2[C@@H](CCCc3cc(C(F)(F)F)cc(C(F)(F)F)c3)COC3O[C@@]4(C)CC[C@@H]1[C@]32OO4. The maximum absolute atomic E-state index is 13.2. The highest BCUT2D eigenvalue weighted by atomic mass is 19.4. The van der Waals surface area contributed by atoms with Crippen molar-refractivity contribution in [3.63, 3.8) is 0 Å². The highest BCUT2D eigenvalue weighted by Gasteiger charge is 2.68. The third kappa shape index (κ3) is 4.49. The summed E-state index contributed by atoms with van der Waals surface area (Å²) in [6.45, 7) is 4.46. The summed E-state index contributed by atoms with van der Waals surface area (Å²) in [5.74, 6) is -0.142. The van der Waals surface area contributed by atoms with Crippen molar-refractivity contribution in [2.45, 2.75) is 88.8 Å². The molecule has 196 valence electrons. The van der Waals surface area contributed by atoms with E-state index < -0.39 is 41.2 Å². The molecule has 6 rings (SSSR count). The molecule has 7 atom stereocenters.